The summed E-state index contributed by atoms with van der Waals surface area (Å²) < 4.78 is 5.69. The quantitative estimate of drug-likeness (QED) is 0.690. The van der Waals surface area contributed by atoms with E-state index < -0.39 is 11.6 Å². The number of hydrogen-bond acceptors (Lipinski definition) is 5. The van der Waals surface area contributed by atoms with Crippen LogP contribution in [0.2, 0.25) is 0 Å². The van der Waals surface area contributed by atoms with Gasteiger partial charge >= 0.3 is 6.03 Å². The highest BCUT2D eigenvalue weighted by atomic mass is 16.5. The third-order valence-corrected chi connectivity index (χ3v) is 5.50. The molecule has 2 unspecified atom stereocenters. The van der Waals surface area contributed by atoms with Crippen molar-refractivity contribution in [1.82, 2.24) is 20.4 Å². The summed E-state index contributed by atoms with van der Waals surface area (Å²) in [6.07, 6.45) is 4.67. The zero-order valence-corrected chi connectivity index (χ0v) is 15.8. The second-order valence-electron chi connectivity index (χ2n) is 7.83. The fourth-order valence-electron chi connectivity index (χ4n) is 4.33. The molecule has 3 fully saturated rings. The molecule has 146 valence electrons. The van der Waals surface area contributed by atoms with Crippen LogP contribution in [0.25, 0.3) is 0 Å². The van der Waals surface area contributed by atoms with Crippen LogP contribution in [0.3, 0.4) is 0 Å². The van der Waals surface area contributed by atoms with Gasteiger partial charge in [0, 0.05) is 26.2 Å². The lowest BCUT2D eigenvalue weighted by molar-refractivity contribution is -0.135. The summed E-state index contributed by atoms with van der Waals surface area (Å²) >= 11 is 0. The van der Waals surface area contributed by atoms with Crippen molar-refractivity contribution in [3.05, 3.63) is 0 Å². The van der Waals surface area contributed by atoms with Gasteiger partial charge in [-0.1, -0.05) is 19.3 Å². The second kappa shape index (κ2) is 7.92. The summed E-state index contributed by atoms with van der Waals surface area (Å²) in [7, 11) is 0. The summed E-state index contributed by atoms with van der Waals surface area (Å²) in [5.41, 5.74) is -0.768. The first-order valence-corrected chi connectivity index (χ1v) is 9.68. The van der Waals surface area contributed by atoms with Crippen LogP contribution in [0.15, 0.2) is 0 Å². The fourth-order valence-corrected chi connectivity index (χ4v) is 4.33. The maximum absolute atomic E-state index is 12.7. The number of hydrogen-bond donors (Lipinski definition) is 2. The number of nitrogens with zero attached hydrogens (tertiary/aromatic N) is 2. The molecule has 26 heavy (non-hydrogen) atoms. The zero-order valence-electron chi connectivity index (χ0n) is 15.8. The van der Waals surface area contributed by atoms with Crippen LogP contribution in [-0.2, 0) is 14.3 Å². The Kier molecular flexibility index (Phi) is 5.82. The average Bonchev–Trinajstić information content (AvgIpc) is 2.79. The van der Waals surface area contributed by atoms with Crippen molar-refractivity contribution in [1.29, 1.82) is 0 Å². The molecule has 3 rings (SSSR count). The minimum Gasteiger partial charge on any atom is -0.373 e. The van der Waals surface area contributed by atoms with Gasteiger partial charge in [-0.25, -0.2) is 4.79 Å². The van der Waals surface area contributed by atoms with Crippen LogP contribution in [-0.4, -0.2) is 78.1 Å². The number of carbonyl (C=O) groups is 3. The van der Waals surface area contributed by atoms with E-state index in [0.717, 1.165) is 43.8 Å². The van der Waals surface area contributed by atoms with Crippen molar-refractivity contribution >= 4 is 17.8 Å². The van der Waals surface area contributed by atoms with Gasteiger partial charge in [0.25, 0.3) is 5.91 Å². The van der Waals surface area contributed by atoms with Crippen molar-refractivity contribution in [3.8, 4) is 0 Å². The first-order valence-electron chi connectivity index (χ1n) is 9.68. The molecule has 0 aromatic heterocycles. The molecule has 2 heterocycles. The van der Waals surface area contributed by atoms with Crippen LogP contribution in [0.5, 0.6) is 0 Å². The summed E-state index contributed by atoms with van der Waals surface area (Å²) in [4.78, 5) is 40.4. The van der Waals surface area contributed by atoms with Gasteiger partial charge in [-0.3, -0.25) is 19.4 Å². The Morgan fingerprint density at radius 3 is 2.50 bits per heavy atom. The summed E-state index contributed by atoms with van der Waals surface area (Å²) in [5, 5.41) is 5.65. The SMILES string of the molecule is CC1CN(CCNC(=O)CN2C(=O)NC3(CCCCC3)C2=O)CC(C)O1. The first-order chi connectivity index (χ1) is 12.4. The molecule has 2 N–H and O–H groups in total. The predicted octanol–water partition coefficient (Wildman–Crippen LogP) is 0.467. The van der Waals surface area contributed by atoms with E-state index >= 15 is 0 Å². The Morgan fingerprint density at radius 2 is 1.85 bits per heavy atom. The maximum atomic E-state index is 12.7. The predicted molar refractivity (Wildman–Crippen MR) is 95.5 cm³/mol. The Labute approximate surface area is 154 Å². The number of carbonyl (C=O) groups excluding carboxylic acids is 3. The van der Waals surface area contributed by atoms with Gasteiger partial charge in [0.1, 0.15) is 12.1 Å². The molecular weight excluding hydrogens is 336 g/mol. The van der Waals surface area contributed by atoms with E-state index in [4.69, 9.17) is 4.74 Å². The Morgan fingerprint density at radius 1 is 1.19 bits per heavy atom. The molecule has 2 atom stereocenters. The number of morpholine rings is 1. The number of rotatable bonds is 5. The van der Waals surface area contributed by atoms with E-state index in [1.165, 1.54) is 0 Å². The van der Waals surface area contributed by atoms with Crippen LogP contribution in [0, 0.1) is 0 Å². The van der Waals surface area contributed by atoms with Crippen molar-refractivity contribution < 1.29 is 19.1 Å². The van der Waals surface area contributed by atoms with Gasteiger partial charge in [0.2, 0.25) is 5.91 Å². The molecule has 4 amide bonds. The maximum Gasteiger partial charge on any atom is 0.325 e. The molecule has 0 aromatic carbocycles. The van der Waals surface area contributed by atoms with E-state index in [1.807, 2.05) is 13.8 Å². The van der Waals surface area contributed by atoms with Gasteiger partial charge in [-0.05, 0) is 26.7 Å². The number of nitrogens with one attached hydrogen (secondary N) is 2. The fraction of sp³-hybridized carbons (Fsp3) is 0.833. The van der Waals surface area contributed by atoms with Crippen molar-refractivity contribution in [2.75, 3.05) is 32.7 Å². The van der Waals surface area contributed by atoms with Crippen LogP contribution in [0.1, 0.15) is 46.0 Å². The van der Waals surface area contributed by atoms with Crippen LogP contribution < -0.4 is 10.6 Å². The highest BCUT2D eigenvalue weighted by Gasteiger charge is 2.51. The standard InChI is InChI=1S/C18H30N4O4/c1-13-10-21(11-14(2)26-13)9-8-19-15(23)12-22-16(24)18(20-17(22)25)6-4-3-5-7-18/h13-14H,3-12H2,1-2H3,(H,19,23)(H,20,25). The third kappa shape index (κ3) is 4.17. The van der Waals surface area contributed by atoms with E-state index in [0.29, 0.717) is 19.4 Å². The molecule has 2 aliphatic heterocycles. The van der Waals surface area contributed by atoms with Gasteiger partial charge in [-0.15, -0.1) is 0 Å². The molecule has 8 heteroatoms. The van der Waals surface area contributed by atoms with Crippen molar-refractivity contribution in [2.24, 2.45) is 0 Å². The first kappa shape index (κ1) is 19.1. The average molecular weight is 366 g/mol. The van der Waals surface area contributed by atoms with E-state index in [-0.39, 0.29) is 30.6 Å². The Bertz CT molecular complexity index is 551. The topological polar surface area (TPSA) is 91.0 Å². The van der Waals surface area contributed by atoms with Crippen molar-refractivity contribution in [3.63, 3.8) is 0 Å². The molecule has 0 bridgehead atoms. The molecule has 1 spiro atoms. The Hall–Kier alpha value is -1.67. The lowest BCUT2D eigenvalue weighted by atomic mass is 9.82. The lowest BCUT2D eigenvalue weighted by Gasteiger charge is -2.35. The monoisotopic (exact) mass is 366 g/mol. The van der Waals surface area contributed by atoms with Crippen LogP contribution in [0.4, 0.5) is 4.79 Å². The number of imide groups is 1. The van der Waals surface area contributed by atoms with Crippen molar-refractivity contribution in [2.45, 2.75) is 63.7 Å². The van der Waals surface area contributed by atoms with Gasteiger partial charge in [0.05, 0.1) is 12.2 Å². The minimum absolute atomic E-state index is 0.187. The molecule has 3 aliphatic rings. The lowest BCUT2D eigenvalue weighted by Crippen LogP contribution is -2.50. The van der Waals surface area contributed by atoms with Gasteiger partial charge < -0.3 is 15.4 Å². The molecule has 0 aromatic rings. The van der Waals surface area contributed by atoms with Gasteiger partial charge in [0.15, 0.2) is 0 Å². The largest absolute Gasteiger partial charge is 0.373 e. The number of urea groups is 1. The molecule has 1 saturated carbocycles. The van der Waals surface area contributed by atoms with Gasteiger partial charge in [-0.2, -0.15) is 0 Å². The minimum atomic E-state index is -0.768. The normalized spacial score (nSPS) is 29.1. The highest BCUT2D eigenvalue weighted by molar-refractivity contribution is 6.09. The third-order valence-electron chi connectivity index (χ3n) is 5.50. The Balaban J connectivity index is 1.44. The van der Waals surface area contributed by atoms with Crippen LogP contribution >= 0.6 is 0 Å². The molecule has 8 nitrogen and oxygen atoms in total. The molecule has 1 aliphatic carbocycles. The summed E-state index contributed by atoms with van der Waals surface area (Å²) in [6.45, 7) is 6.79. The molecular formula is C18H30N4O4. The zero-order chi connectivity index (χ0) is 18.7. The van der Waals surface area contributed by atoms with E-state index in [1.54, 1.807) is 0 Å². The number of ether oxygens (including phenoxy) is 1. The highest BCUT2D eigenvalue weighted by Crippen LogP contribution is 2.33. The number of amides is 4. The van der Waals surface area contributed by atoms with E-state index in [2.05, 4.69) is 15.5 Å². The summed E-state index contributed by atoms with van der Waals surface area (Å²) in [5.74, 6) is -0.538. The van der Waals surface area contributed by atoms with E-state index in [9.17, 15) is 14.4 Å². The molecule has 0 radical (unpaired) electrons. The summed E-state index contributed by atoms with van der Waals surface area (Å²) in [6, 6.07) is -0.442. The second-order valence-corrected chi connectivity index (χ2v) is 7.83. The molecule has 2 saturated heterocycles. The smallest absolute Gasteiger partial charge is 0.325 e.